The summed E-state index contributed by atoms with van der Waals surface area (Å²) in [7, 11) is 11.0. The Morgan fingerprint density at radius 2 is 0.754 bits per heavy atom. The second kappa shape index (κ2) is 16.5. The van der Waals surface area contributed by atoms with Crippen LogP contribution in [-0.2, 0) is 12.8 Å². The number of benzene rings is 8. The summed E-state index contributed by atoms with van der Waals surface area (Å²) >= 11 is 0. The van der Waals surface area contributed by atoms with E-state index < -0.39 is 0 Å². The van der Waals surface area contributed by atoms with Gasteiger partial charge in [-0.1, -0.05) is 121 Å². The van der Waals surface area contributed by atoms with Gasteiger partial charge in [-0.3, -0.25) is 0 Å². The third-order valence-corrected chi connectivity index (χ3v) is 10.9. The Labute approximate surface area is 339 Å². The summed E-state index contributed by atoms with van der Waals surface area (Å²) in [4.78, 5) is 7.02. The van der Waals surface area contributed by atoms with Gasteiger partial charge in [-0.15, -0.1) is 0 Å². The fourth-order valence-electron chi connectivity index (χ4n) is 7.71. The molecule has 0 bridgehead atoms. The van der Waals surface area contributed by atoms with Gasteiger partial charge in [0.05, 0.1) is 39.1 Å². The summed E-state index contributed by atoms with van der Waals surface area (Å²) in [5, 5.41) is 4.92. The third-order valence-electron chi connectivity index (χ3n) is 10.9. The molecule has 0 unspecified atom stereocenters. The van der Waals surface area contributed by atoms with Crippen LogP contribution in [0.3, 0.4) is 0 Å². The molecule has 8 rings (SSSR count). The van der Waals surface area contributed by atoms with E-state index in [-0.39, 0.29) is 0 Å². The summed E-state index contributed by atoms with van der Waals surface area (Å²) in [5.74, 6) is 0. The molecule has 0 saturated heterocycles. The van der Waals surface area contributed by atoms with Crippen molar-refractivity contribution < 1.29 is 4.48 Å². The van der Waals surface area contributed by atoms with Crippen LogP contribution in [0, 0.1) is 0 Å². The number of hydrogen-bond acceptors (Lipinski definition) is 3. The molecule has 0 aliphatic rings. The number of rotatable bonds is 13. The zero-order valence-electron chi connectivity index (χ0n) is 33.9. The normalized spacial score (nSPS) is 11.7. The monoisotopic (exact) mass is 745 g/mol. The Balaban J connectivity index is 1.12. The van der Waals surface area contributed by atoms with E-state index in [9.17, 15) is 0 Å². The highest BCUT2D eigenvalue weighted by molar-refractivity contribution is 6.00. The smallest absolute Gasteiger partial charge is 0.0821 e. The van der Waals surface area contributed by atoms with E-state index in [2.05, 4.69) is 232 Å². The molecule has 8 aromatic carbocycles. The van der Waals surface area contributed by atoms with Crippen molar-refractivity contribution >= 4 is 55.7 Å². The van der Waals surface area contributed by atoms with Gasteiger partial charge in [0.15, 0.2) is 0 Å². The van der Waals surface area contributed by atoms with Crippen molar-refractivity contribution in [3.05, 3.63) is 193 Å². The molecule has 0 N–H and O–H groups in total. The molecule has 0 saturated carbocycles. The van der Waals surface area contributed by atoms with Gasteiger partial charge in [0, 0.05) is 46.5 Å². The lowest BCUT2D eigenvalue weighted by Crippen LogP contribution is -2.36. The van der Waals surface area contributed by atoms with Crippen molar-refractivity contribution in [2.45, 2.75) is 12.8 Å². The van der Waals surface area contributed by atoms with Crippen molar-refractivity contribution in [1.82, 2.24) is 4.90 Å². The van der Waals surface area contributed by atoms with E-state index in [1.807, 2.05) is 0 Å². The van der Waals surface area contributed by atoms with Crippen LogP contribution in [0.25, 0.3) is 32.7 Å². The van der Waals surface area contributed by atoms with E-state index in [1.165, 1.54) is 55.2 Å². The van der Waals surface area contributed by atoms with Crippen LogP contribution < -0.4 is 9.80 Å². The Bertz CT molecular complexity index is 2560. The zero-order valence-corrected chi connectivity index (χ0v) is 33.9. The summed E-state index contributed by atoms with van der Waals surface area (Å²) in [6.07, 6.45) is 2.08. The second-order valence-corrected chi connectivity index (χ2v) is 16.4. The lowest BCUT2D eigenvalue weighted by Gasteiger charge is -2.28. The van der Waals surface area contributed by atoms with Gasteiger partial charge in [0.2, 0.25) is 0 Å². The standard InChI is InChI=1S/C53H53N4/c1-54(2)38-36-40-20-28-46(29-21-40)55(52-18-10-14-44-12-6-8-16-50(44)52)48-32-24-42(25-33-48)43-26-34-49(35-27-43)56(53-19-11-15-45-13-7-9-17-51(45)53)47-30-22-41(23-31-47)37-39-57(3,4)5/h6-35H,36-39H2,1-5H3/q+1. The minimum absolute atomic E-state index is 0.951. The van der Waals surface area contributed by atoms with Crippen molar-refractivity contribution in [1.29, 1.82) is 0 Å². The molecule has 57 heavy (non-hydrogen) atoms. The lowest BCUT2D eigenvalue weighted by molar-refractivity contribution is -0.870. The molecular weight excluding hydrogens is 693 g/mol. The summed E-state index contributed by atoms with van der Waals surface area (Å²) in [6.45, 7) is 2.13. The first kappa shape index (κ1) is 37.7. The maximum atomic E-state index is 2.40. The van der Waals surface area contributed by atoms with Crippen LogP contribution >= 0.6 is 0 Å². The van der Waals surface area contributed by atoms with Crippen LogP contribution in [0.15, 0.2) is 182 Å². The van der Waals surface area contributed by atoms with Crippen molar-refractivity contribution in [3.8, 4) is 11.1 Å². The molecule has 4 nitrogen and oxygen atoms in total. The molecule has 0 fully saturated rings. The topological polar surface area (TPSA) is 9.72 Å². The van der Waals surface area contributed by atoms with E-state index in [0.29, 0.717) is 0 Å². The molecule has 0 atom stereocenters. The number of hydrogen-bond donors (Lipinski definition) is 0. The van der Waals surface area contributed by atoms with Crippen molar-refractivity contribution in [2.75, 3.05) is 58.1 Å². The fourth-order valence-corrected chi connectivity index (χ4v) is 7.71. The average Bonchev–Trinajstić information content (AvgIpc) is 3.24. The molecular formula is C53H53N4+. The Morgan fingerprint density at radius 1 is 0.386 bits per heavy atom. The largest absolute Gasteiger partial charge is 0.331 e. The molecule has 0 aromatic heterocycles. The van der Waals surface area contributed by atoms with Gasteiger partial charge in [-0.05, 0) is 114 Å². The molecule has 8 aromatic rings. The number of anilines is 6. The first-order valence-electron chi connectivity index (χ1n) is 20.1. The molecule has 284 valence electrons. The van der Waals surface area contributed by atoms with E-state index in [4.69, 9.17) is 0 Å². The minimum Gasteiger partial charge on any atom is -0.331 e. The number of nitrogens with zero attached hydrogens (tertiary/aromatic N) is 4. The Kier molecular flexibility index (Phi) is 10.9. The number of quaternary nitrogens is 1. The van der Waals surface area contributed by atoms with Gasteiger partial charge in [-0.25, -0.2) is 0 Å². The van der Waals surface area contributed by atoms with Crippen LogP contribution in [0.1, 0.15) is 11.1 Å². The van der Waals surface area contributed by atoms with E-state index in [1.54, 1.807) is 0 Å². The lowest BCUT2D eigenvalue weighted by atomic mass is 10.0. The average molecular weight is 746 g/mol. The highest BCUT2D eigenvalue weighted by Gasteiger charge is 2.18. The van der Waals surface area contributed by atoms with Gasteiger partial charge in [0.25, 0.3) is 0 Å². The number of fused-ring (bicyclic) bond motifs is 2. The van der Waals surface area contributed by atoms with Crippen molar-refractivity contribution in [3.63, 3.8) is 0 Å². The summed E-state index contributed by atoms with van der Waals surface area (Å²) in [5.41, 5.74) is 12.0. The van der Waals surface area contributed by atoms with E-state index in [0.717, 1.165) is 53.2 Å². The van der Waals surface area contributed by atoms with Gasteiger partial charge < -0.3 is 19.2 Å². The Morgan fingerprint density at radius 3 is 1.16 bits per heavy atom. The maximum absolute atomic E-state index is 2.40. The molecule has 0 heterocycles. The predicted molar refractivity (Wildman–Crippen MR) is 245 cm³/mol. The molecule has 0 radical (unpaired) electrons. The van der Waals surface area contributed by atoms with Crippen molar-refractivity contribution in [2.24, 2.45) is 0 Å². The molecule has 4 heteroatoms. The minimum atomic E-state index is 0.951. The zero-order chi connectivity index (χ0) is 39.4. The Hall–Kier alpha value is -6.20. The first-order chi connectivity index (χ1) is 27.7. The van der Waals surface area contributed by atoms with Gasteiger partial charge in [-0.2, -0.15) is 0 Å². The summed E-state index contributed by atoms with van der Waals surface area (Å²) < 4.78 is 0.951. The molecule has 0 spiro atoms. The van der Waals surface area contributed by atoms with Crippen LogP contribution in [0.2, 0.25) is 0 Å². The fraction of sp³-hybridized carbons (Fsp3) is 0.170. The highest BCUT2D eigenvalue weighted by atomic mass is 15.3. The van der Waals surface area contributed by atoms with Gasteiger partial charge in [0.1, 0.15) is 0 Å². The predicted octanol–water partition coefficient (Wildman–Crippen LogP) is 13.0. The maximum Gasteiger partial charge on any atom is 0.0821 e. The highest BCUT2D eigenvalue weighted by Crippen LogP contribution is 2.42. The van der Waals surface area contributed by atoms with Gasteiger partial charge >= 0.3 is 0 Å². The molecule has 0 amide bonds. The molecule has 0 aliphatic carbocycles. The van der Waals surface area contributed by atoms with Crippen LogP contribution in [-0.4, -0.2) is 57.7 Å². The van der Waals surface area contributed by atoms with E-state index >= 15 is 0 Å². The first-order valence-corrected chi connectivity index (χ1v) is 20.1. The quantitative estimate of drug-likeness (QED) is 0.109. The molecule has 0 aliphatic heterocycles. The number of likely N-dealkylation sites (N-methyl/N-ethyl adjacent to an activating group) is 2. The summed E-state index contributed by atoms with van der Waals surface area (Å²) in [6, 6.07) is 66.8. The van der Waals surface area contributed by atoms with Crippen LogP contribution in [0.4, 0.5) is 34.1 Å². The van der Waals surface area contributed by atoms with Crippen LogP contribution in [0.5, 0.6) is 0 Å². The SMILES string of the molecule is CN(C)CCc1ccc(N(c2ccc(-c3ccc(N(c4ccc(CC[N+](C)(C)C)cc4)c4cccc5ccccc45)cc3)cc2)c2cccc3ccccc23)cc1. The third kappa shape index (κ3) is 8.63. The second-order valence-electron chi connectivity index (χ2n) is 16.4.